The second-order valence-electron chi connectivity index (χ2n) is 5.08. The van der Waals surface area contributed by atoms with Gasteiger partial charge in [0.2, 0.25) is 10.0 Å². The maximum atomic E-state index is 12.2. The van der Waals surface area contributed by atoms with Crippen LogP contribution in [0.2, 0.25) is 0 Å². The maximum absolute atomic E-state index is 12.2. The lowest BCUT2D eigenvalue weighted by molar-refractivity contribution is 0.288. The van der Waals surface area contributed by atoms with Gasteiger partial charge in [0, 0.05) is 11.4 Å². The third-order valence-corrected chi connectivity index (χ3v) is 6.31. The van der Waals surface area contributed by atoms with E-state index in [0.717, 1.165) is 41.2 Å². The Morgan fingerprint density at radius 2 is 2.14 bits per heavy atom. The fourth-order valence-corrected chi connectivity index (χ4v) is 4.68. The fourth-order valence-electron chi connectivity index (χ4n) is 2.33. The lowest BCUT2D eigenvalue weighted by atomic mass is 10.0. The summed E-state index contributed by atoms with van der Waals surface area (Å²) in [4.78, 5) is 0.987. The van der Waals surface area contributed by atoms with Gasteiger partial charge in [-0.25, -0.2) is 13.1 Å². The third-order valence-electron chi connectivity index (χ3n) is 3.42. The molecule has 0 saturated carbocycles. The molecule has 112 valence electrons. The predicted octanol–water partition coefficient (Wildman–Crippen LogP) is 2.86. The highest BCUT2D eigenvalue weighted by Gasteiger charge is 2.16. The zero-order valence-corrected chi connectivity index (χ0v) is 13.4. The van der Waals surface area contributed by atoms with Gasteiger partial charge < -0.3 is 4.74 Å². The molecule has 0 atom stereocenters. The summed E-state index contributed by atoms with van der Waals surface area (Å²) < 4.78 is 32.9. The molecule has 6 heteroatoms. The van der Waals surface area contributed by atoms with E-state index >= 15 is 0 Å². The van der Waals surface area contributed by atoms with Crippen LogP contribution in [0, 0.1) is 6.92 Å². The van der Waals surface area contributed by atoms with E-state index in [0.29, 0.717) is 10.8 Å². The smallest absolute Gasteiger partial charge is 0.250 e. The Morgan fingerprint density at radius 3 is 2.90 bits per heavy atom. The van der Waals surface area contributed by atoms with Crippen LogP contribution in [0.15, 0.2) is 34.5 Å². The van der Waals surface area contributed by atoms with Crippen LogP contribution >= 0.6 is 11.3 Å². The average Bonchev–Trinajstić information content (AvgIpc) is 2.92. The normalized spacial score (nSPS) is 14.5. The van der Waals surface area contributed by atoms with Gasteiger partial charge in [-0.1, -0.05) is 12.1 Å². The number of nitrogens with one attached hydrogen (secondary N) is 1. The highest BCUT2D eigenvalue weighted by molar-refractivity contribution is 7.91. The number of thiophene rings is 1. The van der Waals surface area contributed by atoms with E-state index in [1.807, 2.05) is 31.2 Å². The van der Waals surface area contributed by atoms with Gasteiger partial charge in [-0.2, -0.15) is 0 Å². The van der Waals surface area contributed by atoms with Crippen molar-refractivity contribution in [1.82, 2.24) is 4.72 Å². The predicted molar refractivity (Wildman–Crippen MR) is 83.3 cm³/mol. The topological polar surface area (TPSA) is 55.4 Å². The summed E-state index contributed by atoms with van der Waals surface area (Å²) in [5.41, 5.74) is 2.11. The van der Waals surface area contributed by atoms with E-state index in [1.54, 1.807) is 6.07 Å². The quantitative estimate of drug-likeness (QED) is 0.941. The Hall–Kier alpha value is -1.37. The number of sulfonamides is 1. The molecular formula is C15H17NO3S2. The monoisotopic (exact) mass is 323 g/mol. The molecule has 1 aliphatic rings. The number of rotatable bonds is 4. The molecule has 0 aliphatic carbocycles. The van der Waals surface area contributed by atoms with Crippen molar-refractivity contribution in [3.8, 4) is 5.75 Å². The molecule has 1 aromatic carbocycles. The SMILES string of the molecule is Cc1ccc(S(=O)(=O)NCc2ccc3c(c2)CCCO3)s1. The van der Waals surface area contributed by atoms with Crippen LogP contribution < -0.4 is 9.46 Å². The highest BCUT2D eigenvalue weighted by atomic mass is 32.2. The Kier molecular flexibility index (Phi) is 4.01. The van der Waals surface area contributed by atoms with Crippen LogP contribution in [0.4, 0.5) is 0 Å². The van der Waals surface area contributed by atoms with Gasteiger partial charge in [-0.15, -0.1) is 11.3 Å². The van der Waals surface area contributed by atoms with Crippen LogP contribution in [0.25, 0.3) is 0 Å². The molecule has 1 aromatic heterocycles. The van der Waals surface area contributed by atoms with Crippen molar-refractivity contribution in [3.05, 3.63) is 46.3 Å². The first kappa shape index (κ1) is 14.6. The summed E-state index contributed by atoms with van der Waals surface area (Å²) in [7, 11) is -3.42. The molecule has 3 rings (SSSR count). The lowest BCUT2D eigenvalue weighted by Crippen LogP contribution is -2.22. The zero-order chi connectivity index (χ0) is 14.9. The van der Waals surface area contributed by atoms with Gasteiger partial charge in [-0.05, 0) is 49.1 Å². The summed E-state index contributed by atoms with van der Waals surface area (Å²) in [6, 6.07) is 9.31. The van der Waals surface area contributed by atoms with Gasteiger partial charge in [0.1, 0.15) is 9.96 Å². The van der Waals surface area contributed by atoms with Crippen molar-refractivity contribution in [3.63, 3.8) is 0 Å². The number of ether oxygens (including phenoxy) is 1. The van der Waals surface area contributed by atoms with Crippen molar-refractivity contribution in [1.29, 1.82) is 0 Å². The standard InChI is InChI=1S/C15H17NO3S2/c1-11-4-7-15(20-11)21(17,18)16-10-12-5-6-14-13(9-12)3-2-8-19-14/h4-7,9,16H,2-3,8,10H2,1H3. The number of aryl methyl sites for hydroxylation is 2. The van der Waals surface area contributed by atoms with Crippen molar-refractivity contribution in [2.24, 2.45) is 0 Å². The van der Waals surface area contributed by atoms with Crippen molar-refractivity contribution in [2.75, 3.05) is 6.61 Å². The van der Waals surface area contributed by atoms with Crippen LogP contribution in [-0.4, -0.2) is 15.0 Å². The number of hydrogen-bond acceptors (Lipinski definition) is 4. The van der Waals surface area contributed by atoms with E-state index < -0.39 is 10.0 Å². The van der Waals surface area contributed by atoms with Crippen molar-refractivity contribution in [2.45, 2.75) is 30.5 Å². The fraction of sp³-hybridized carbons (Fsp3) is 0.333. The highest BCUT2D eigenvalue weighted by Crippen LogP contribution is 2.26. The summed E-state index contributed by atoms with van der Waals surface area (Å²) in [5, 5.41) is 0. The van der Waals surface area contributed by atoms with Crippen LogP contribution in [0.5, 0.6) is 5.75 Å². The molecule has 2 heterocycles. The second-order valence-corrected chi connectivity index (χ2v) is 8.37. The molecule has 0 amide bonds. The molecule has 1 aliphatic heterocycles. The number of benzene rings is 1. The Balaban J connectivity index is 1.73. The minimum Gasteiger partial charge on any atom is -0.493 e. The van der Waals surface area contributed by atoms with Gasteiger partial charge in [0.25, 0.3) is 0 Å². The maximum Gasteiger partial charge on any atom is 0.250 e. The lowest BCUT2D eigenvalue weighted by Gasteiger charge is -2.18. The minimum absolute atomic E-state index is 0.298. The van der Waals surface area contributed by atoms with E-state index in [4.69, 9.17) is 4.74 Å². The van der Waals surface area contributed by atoms with E-state index in [-0.39, 0.29) is 0 Å². The molecule has 2 aromatic rings. The van der Waals surface area contributed by atoms with E-state index in [1.165, 1.54) is 11.3 Å². The van der Waals surface area contributed by atoms with E-state index in [2.05, 4.69) is 4.72 Å². The van der Waals surface area contributed by atoms with Gasteiger partial charge in [0.15, 0.2) is 0 Å². The molecule has 0 radical (unpaired) electrons. The van der Waals surface area contributed by atoms with Gasteiger partial charge >= 0.3 is 0 Å². The van der Waals surface area contributed by atoms with Gasteiger partial charge in [0.05, 0.1) is 6.61 Å². The number of hydrogen-bond donors (Lipinski definition) is 1. The molecule has 4 nitrogen and oxygen atoms in total. The summed E-state index contributed by atoms with van der Waals surface area (Å²) in [6.45, 7) is 2.95. The molecule has 0 fully saturated rings. The first-order valence-corrected chi connectivity index (χ1v) is 9.15. The summed E-state index contributed by atoms with van der Waals surface area (Å²) in [5.74, 6) is 0.918. The first-order valence-electron chi connectivity index (χ1n) is 6.85. The largest absolute Gasteiger partial charge is 0.493 e. The van der Waals surface area contributed by atoms with Crippen molar-refractivity contribution < 1.29 is 13.2 Å². The molecule has 0 saturated heterocycles. The molecule has 1 N–H and O–H groups in total. The zero-order valence-electron chi connectivity index (χ0n) is 11.8. The van der Waals surface area contributed by atoms with Crippen LogP contribution in [-0.2, 0) is 23.0 Å². The second kappa shape index (κ2) is 5.79. The van der Waals surface area contributed by atoms with E-state index in [9.17, 15) is 8.42 Å². The average molecular weight is 323 g/mol. The minimum atomic E-state index is -3.42. The molecular weight excluding hydrogens is 306 g/mol. The van der Waals surface area contributed by atoms with Crippen LogP contribution in [0.1, 0.15) is 22.4 Å². The Labute approximate surface area is 128 Å². The third kappa shape index (κ3) is 3.28. The van der Waals surface area contributed by atoms with Gasteiger partial charge in [-0.3, -0.25) is 0 Å². The Morgan fingerprint density at radius 1 is 1.29 bits per heavy atom. The number of fused-ring (bicyclic) bond motifs is 1. The molecule has 21 heavy (non-hydrogen) atoms. The van der Waals surface area contributed by atoms with Crippen molar-refractivity contribution >= 4 is 21.4 Å². The summed E-state index contributed by atoms with van der Waals surface area (Å²) >= 11 is 1.28. The molecule has 0 spiro atoms. The summed E-state index contributed by atoms with van der Waals surface area (Å²) in [6.07, 6.45) is 2.00. The molecule has 0 bridgehead atoms. The Bertz CT molecular complexity index is 750. The molecule has 0 unspecified atom stereocenters. The first-order chi connectivity index (χ1) is 10.0. The van der Waals surface area contributed by atoms with Crippen LogP contribution in [0.3, 0.4) is 0 Å².